The van der Waals surface area contributed by atoms with Gasteiger partial charge in [0.15, 0.2) is 5.82 Å². The molecule has 1 heterocycles. The van der Waals surface area contributed by atoms with Gasteiger partial charge in [0.25, 0.3) is 0 Å². The van der Waals surface area contributed by atoms with E-state index in [2.05, 4.69) is 9.97 Å². The molecule has 3 nitrogen and oxygen atoms in total. The molecule has 3 heteroatoms. The lowest BCUT2D eigenvalue weighted by Crippen LogP contribution is -2.14. The molecule has 1 aromatic heterocycles. The average Bonchev–Trinajstić information content (AvgIpc) is 2.22. The molecule has 0 atom stereocenters. The van der Waals surface area contributed by atoms with Crippen LogP contribution in [0.25, 0.3) is 12.2 Å². The Hall–Kier alpha value is -1.64. The van der Waals surface area contributed by atoms with Gasteiger partial charge in [0.05, 0.1) is 5.69 Å². The van der Waals surface area contributed by atoms with Crippen LogP contribution in [0.3, 0.4) is 0 Å². The molecular formula is C13H19N3. The second-order valence-corrected chi connectivity index (χ2v) is 3.80. The quantitative estimate of drug-likeness (QED) is 0.779. The summed E-state index contributed by atoms with van der Waals surface area (Å²) in [5, 5.41) is 0. The second kappa shape index (κ2) is 5.45. The molecule has 0 bridgehead atoms. The molecule has 1 rings (SSSR count). The van der Waals surface area contributed by atoms with E-state index < -0.39 is 0 Å². The van der Waals surface area contributed by atoms with Crippen molar-refractivity contribution in [2.45, 2.75) is 20.8 Å². The van der Waals surface area contributed by atoms with Crippen LogP contribution >= 0.6 is 0 Å². The van der Waals surface area contributed by atoms with Gasteiger partial charge in [-0.05, 0) is 26.8 Å². The van der Waals surface area contributed by atoms with Crippen molar-refractivity contribution in [3.8, 4) is 0 Å². The van der Waals surface area contributed by atoms with Gasteiger partial charge in [-0.1, -0.05) is 18.2 Å². The summed E-state index contributed by atoms with van der Waals surface area (Å²) in [6, 6.07) is 0. The number of anilines is 1. The summed E-state index contributed by atoms with van der Waals surface area (Å²) >= 11 is 0. The molecule has 0 aliphatic heterocycles. The van der Waals surface area contributed by atoms with Crippen molar-refractivity contribution in [2.24, 2.45) is 0 Å². The lowest BCUT2D eigenvalue weighted by atomic mass is 10.2. The topological polar surface area (TPSA) is 29.0 Å². The van der Waals surface area contributed by atoms with Crippen LogP contribution in [0, 0.1) is 6.92 Å². The zero-order valence-corrected chi connectivity index (χ0v) is 10.7. The van der Waals surface area contributed by atoms with Gasteiger partial charge < -0.3 is 4.90 Å². The summed E-state index contributed by atoms with van der Waals surface area (Å²) in [5.74, 6) is 1.72. The zero-order valence-electron chi connectivity index (χ0n) is 10.7. The summed E-state index contributed by atoms with van der Waals surface area (Å²) < 4.78 is 0. The molecule has 0 N–H and O–H groups in total. The van der Waals surface area contributed by atoms with E-state index >= 15 is 0 Å². The van der Waals surface area contributed by atoms with Crippen LogP contribution < -0.4 is 4.90 Å². The van der Waals surface area contributed by atoms with E-state index in [1.54, 1.807) is 0 Å². The second-order valence-electron chi connectivity index (χ2n) is 3.80. The van der Waals surface area contributed by atoms with Crippen LogP contribution in [0.2, 0.25) is 0 Å². The third-order valence-corrected chi connectivity index (χ3v) is 2.21. The van der Waals surface area contributed by atoms with E-state index in [9.17, 15) is 0 Å². The number of hydrogen-bond donors (Lipinski definition) is 0. The minimum Gasteiger partial charge on any atom is -0.362 e. The Balaban J connectivity index is 3.38. The Kier molecular flexibility index (Phi) is 4.23. The highest BCUT2D eigenvalue weighted by molar-refractivity contribution is 5.66. The van der Waals surface area contributed by atoms with Gasteiger partial charge in [-0.2, -0.15) is 0 Å². The number of aryl methyl sites for hydroxylation is 1. The van der Waals surface area contributed by atoms with Gasteiger partial charge in [-0.3, -0.25) is 0 Å². The first-order chi connectivity index (χ1) is 7.60. The number of rotatable bonds is 3. The van der Waals surface area contributed by atoms with E-state index in [1.165, 1.54) is 0 Å². The molecule has 1 aromatic rings. The first-order valence-electron chi connectivity index (χ1n) is 5.41. The number of nitrogens with zero attached hydrogens (tertiary/aromatic N) is 3. The molecule has 0 spiro atoms. The number of hydrogen-bond acceptors (Lipinski definition) is 3. The Morgan fingerprint density at radius 1 is 1.00 bits per heavy atom. The van der Waals surface area contributed by atoms with Gasteiger partial charge in [0.2, 0.25) is 0 Å². The van der Waals surface area contributed by atoms with Gasteiger partial charge >= 0.3 is 0 Å². The minimum absolute atomic E-state index is 0.761. The first kappa shape index (κ1) is 12.4. The summed E-state index contributed by atoms with van der Waals surface area (Å²) in [7, 11) is 3.99. The Morgan fingerprint density at radius 3 is 2.12 bits per heavy atom. The molecule has 0 fully saturated rings. The van der Waals surface area contributed by atoms with E-state index in [-0.39, 0.29) is 0 Å². The van der Waals surface area contributed by atoms with Crippen LogP contribution in [-0.2, 0) is 0 Å². The third kappa shape index (κ3) is 2.69. The molecule has 0 aliphatic rings. The van der Waals surface area contributed by atoms with Crippen molar-refractivity contribution in [3.05, 3.63) is 29.2 Å². The van der Waals surface area contributed by atoms with Gasteiger partial charge in [0.1, 0.15) is 5.82 Å². The fourth-order valence-electron chi connectivity index (χ4n) is 1.51. The maximum atomic E-state index is 4.52. The van der Waals surface area contributed by atoms with Gasteiger partial charge in [-0.25, -0.2) is 9.97 Å². The normalized spacial score (nSPS) is 11.6. The summed E-state index contributed by atoms with van der Waals surface area (Å²) in [5.41, 5.74) is 2.09. The van der Waals surface area contributed by atoms with Crippen LogP contribution in [0.5, 0.6) is 0 Å². The van der Waals surface area contributed by atoms with Crippen molar-refractivity contribution in [3.63, 3.8) is 0 Å². The average molecular weight is 217 g/mol. The molecule has 0 unspecified atom stereocenters. The van der Waals surface area contributed by atoms with Crippen molar-refractivity contribution >= 4 is 18.0 Å². The molecule has 0 amide bonds. The highest BCUT2D eigenvalue weighted by Gasteiger charge is 2.09. The molecule has 0 saturated carbocycles. The van der Waals surface area contributed by atoms with Gasteiger partial charge in [-0.15, -0.1) is 0 Å². The fourth-order valence-corrected chi connectivity index (χ4v) is 1.51. The molecular weight excluding hydrogens is 198 g/mol. The van der Waals surface area contributed by atoms with Crippen LogP contribution in [0.15, 0.2) is 12.2 Å². The third-order valence-electron chi connectivity index (χ3n) is 2.21. The van der Waals surface area contributed by atoms with Gasteiger partial charge in [0, 0.05) is 19.7 Å². The van der Waals surface area contributed by atoms with Crippen molar-refractivity contribution in [1.29, 1.82) is 0 Å². The first-order valence-corrected chi connectivity index (χ1v) is 5.41. The fraction of sp³-hybridized carbons (Fsp3) is 0.385. The summed E-state index contributed by atoms with van der Waals surface area (Å²) in [6.45, 7) is 5.98. The van der Waals surface area contributed by atoms with Crippen molar-refractivity contribution < 1.29 is 0 Å². The summed E-state index contributed by atoms with van der Waals surface area (Å²) in [4.78, 5) is 11.0. The smallest absolute Gasteiger partial charge is 0.154 e. The summed E-state index contributed by atoms with van der Waals surface area (Å²) in [6.07, 6.45) is 7.92. The lowest BCUT2D eigenvalue weighted by molar-refractivity contribution is 0.994. The van der Waals surface area contributed by atoms with E-state index in [4.69, 9.17) is 0 Å². The van der Waals surface area contributed by atoms with Crippen molar-refractivity contribution in [2.75, 3.05) is 19.0 Å². The Morgan fingerprint density at radius 2 is 1.62 bits per heavy atom. The van der Waals surface area contributed by atoms with Crippen molar-refractivity contribution in [1.82, 2.24) is 9.97 Å². The molecule has 16 heavy (non-hydrogen) atoms. The molecule has 0 saturated heterocycles. The van der Waals surface area contributed by atoms with E-state index in [0.29, 0.717) is 0 Å². The predicted octanol–water partition coefficient (Wildman–Crippen LogP) is 2.92. The maximum absolute atomic E-state index is 4.52. The monoisotopic (exact) mass is 217 g/mol. The van der Waals surface area contributed by atoms with E-state index in [0.717, 1.165) is 22.9 Å². The number of aromatic nitrogens is 2. The lowest BCUT2D eigenvalue weighted by Gasteiger charge is -2.16. The zero-order chi connectivity index (χ0) is 12.1. The molecule has 0 aromatic carbocycles. The molecule has 0 aliphatic carbocycles. The highest BCUT2D eigenvalue weighted by atomic mass is 15.2. The molecule has 0 radical (unpaired) electrons. The Labute approximate surface area is 97.5 Å². The highest BCUT2D eigenvalue weighted by Crippen LogP contribution is 2.20. The predicted molar refractivity (Wildman–Crippen MR) is 70.5 cm³/mol. The van der Waals surface area contributed by atoms with E-state index in [1.807, 2.05) is 64.1 Å². The minimum atomic E-state index is 0.761. The van der Waals surface area contributed by atoms with Crippen LogP contribution in [0.4, 0.5) is 5.82 Å². The SMILES string of the molecule is CC=Cc1nc(C)c(C=CC)c(N(C)C)n1. The van der Waals surface area contributed by atoms with Crippen LogP contribution in [0.1, 0.15) is 30.9 Å². The Bertz CT molecular complexity index is 417. The molecule has 86 valence electrons. The van der Waals surface area contributed by atoms with Crippen LogP contribution in [-0.4, -0.2) is 24.1 Å². The maximum Gasteiger partial charge on any atom is 0.154 e. The standard InChI is InChI=1S/C13H19N3/c1-6-8-11-10(3)14-12(9-7-2)15-13(11)16(4)5/h6-9H,1-5H3. The largest absolute Gasteiger partial charge is 0.362 e. The number of allylic oxidation sites excluding steroid dienone is 2.